The van der Waals surface area contributed by atoms with Gasteiger partial charge in [0.2, 0.25) is 5.95 Å². The fourth-order valence-corrected chi connectivity index (χ4v) is 9.89. The summed E-state index contributed by atoms with van der Waals surface area (Å²) in [6, 6.07) is 66.0. The van der Waals surface area contributed by atoms with Crippen molar-refractivity contribution in [1.82, 2.24) is 24.5 Å². The SMILES string of the molecule is c1ccc(-c2nc(-c3cccc(-c4cccc5c4sc4ccc6c(-c7ccccc7)nc7ccccc7c6c45)c3)nc(-n3c4ccccc4c4ccccc43)n2)cc1. The molecule has 4 heterocycles. The molecule has 0 N–H and O–H groups in total. The zero-order valence-electron chi connectivity index (χ0n) is 31.0. The summed E-state index contributed by atoms with van der Waals surface area (Å²) in [5.41, 5.74) is 9.37. The number of rotatable bonds is 5. The Kier molecular flexibility index (Phi) is 7.33. The van der Waals surface area contributed by atoms with Crippen LogP contribution in [0.25, 0.3) is 115 Å². The highest BCUT2D eigenvalue weighted by Gasteiger charge is 2.20. The first kappa shape index (κ1) is 32.7. The largest absolute Gasteiger partial charge is 0.278 e. The van der Waals surface area contributed by atoms with Crippen LogP contribution in [0.2, 0.25) is 0 Å². The molecular weight excluding hydrogens is 727 g/mol. The Hall–Kier alpha value is -7.54. The first-order valence-electron chi connectivity index (χ1n) is 19.4. The van der Waals surface area contributed by atoms with E-state index >= 15 is 0 Å². The Morgan fingerprint density at radius 3 is 1.72 bits per heavy atom. The van der Waals surface area contributed by atoms with Crippen molar-refractivity contribution in [2.75, 3.05) is 0 Å². The molecule has 0 unspecified atom stereocenters. The van der Waals surface area contributed by atoms with E-state index < -0.39 is 0 Å². The van der Waals surface area contributed by atoms with Gasteiger partial charge in [0.05, 0.1) is 22.2 Å². The average Bonchev–Trinajstić information content (AvgIpc) is 3.85. The molecule has 58 heavy (non-hydrogen) atoms. The number of nitrogens with zero attached hydrogens (tertiary/aromatic N) is 5. The molecule has 4 aromatic heterocycles. The van der Waals surface area contributed by atoms with E-state index in [4.69, 9.17) is 19.9 Å². The number of thiophene rings is 1. The number of fused-ring (bicyclic) bond motifs is 10. The van der Waals surface area contributed by atoms with Crippen molar-refractivity contribution in [3.05, 3.63) is 188 Å². The molecule has 0 saturated heterocycles. The van der Waals surface area contributed by atoms with E-state index in [1.165, 1.54) is 31.1 Å². The number of hydrogen-bond acceptors (Lipinski definition) is 5. The lowest BCUT2D eigenvalue weighted by molar-refractivity contribution is 0.953. The van der Waals surface area contributed by atoms with Gasteiger partial charge in [0, 0.05) is 63.8 Å². The molecule has 12 aromatic rings. The molecule has 0 amide bonds. The number of aromatic nitrogens is 5. The maximum atomic E-state index is 5.24. The van der Waals surface area contributed by atoms with Crippen molar-refractivity contribution in [1.29, 1.82) is 0 Å². The third-order valence-corrected chi connectivity index (χ3v) is 12.4. The van der Waals surface area contributed by atoms with Crippen LogP contribution < -0.4 is 0 Å². The van der Waals surface area contributed by atoms with Gasteiger partial charge in [-0.2, -0.15) is 9.97 Å². The smallest absolute Gasteiger partial charge is 0.238 e. The van der Waals surface area contributed by atoms with Crippen LogP contribution in [0.4, 0.5) is 0 Å². The van der Waals surface area contributed by atoms with Crippen LogP contribution >= 0.6 is 11.3 Å². The van der Waals surface area contributed by atoms with Gasteiger partial charge in [-0.15, -0.1) is 11.3 Å². The fourth-order valence-electron chi connectivity index (χ4n) is 8.65. The van der Waals surface area contributed by atoms with Crippen molar-refractivity contribution in [2.45, 2.75) is 0 Å². The predicted molar refractivity (Wildman–Crippen MR) is 242 cm³/mol. The first-order chi connectivity index (χ1) is 28.8. The topological polar surface area (TPSA) is 56.5 Å². The summed E-state index contributed by atoms with van der Waals surface area (Å²) >= 11 is 1.85. The Balaban J connectivity index is 1.07. The highest BCUT2D eigenvalue weighted by atomic mass is 32.1. The van der Waals surface area contributed by atoms with Gasteiger partial charge in [-0.1, -0.05) is 158 Å². The minimum Gasteiger partial charge on any atom is -0.278 e. The Labute approximate surface area is 337 Å². The van der Waals surface area contributed by atoms with Crippen LogP contribution in [-0.4, -0.2) is 24.5 Å². The van der Waals surface area contributed by atoms with E-state index in [2.05, 4.69) is 174 Å². The minimum atomic E-state index is 0.585. The molecule has 0 saturated carbocycles. The molecule has 0 bridgehead atoms. The van der Waals surface area contributed by atoms with Crippen LogP contribution in [0, 0.1) is 0 Å². The molecule has 0 aliphatic rings. The zero-order chi connectivity index (χ0) is 38.2. The van der Waals surface area contributed by atoms with Crippen LogP contribution in [0.5, 0.6) is 0 Å². The van der Waals surface area contributed by atoms with Crippen LogP contribution in [0.1, 0.15) is 0 Å². The van der Waals surface area contributed by atoms with Gasteiger partial charge in [0.15, 0.2) is 11.6 Å². The second-order valence-electron chi connectivity index (χ2n) is 14.6. The van der Waals surface area contributed by atoms with Crippen molar-refractivity contribution < 1.29 is 0 Å². The summed E-state index contributed by atoms with van der Waals surface area (Å²) in [6.45, 7) is 0. The molecule has 0 fully saturated rings. The maximum absolute atomic E-state index is 5.24. The number of para-hydroxylation sites is 3. The summed E-state index contributed by atoms with van der Waals surface area (Å²) in [4.78, 5) is 20.7. The lowest BCUT2D eigenvalue weighted by atomic mass is 9.95. The lowest BCUT2D eigenvalue weighted by Crippen LogP contribution is -2.06. The summed E-state index contributed by atoms with van der Waals surface area (Å²) in [5.74, 6) is 1.83. The molecule has 0 atom stereocenters. The van der Waals surface area contributed by atoms with E-state index in [0.717, 1.165) is 66.0 Å². The molecule has 270 valence electrons. The van der Waals surface area contributed by atoms with Gasteiger partial charge in [-0.3, -0.25) is 4.57 Å². The second-order valence-corrected chi connectivity index (χ2v) is 15.6. The van der Waals surface area contributed by atoms with E-state index in [1.54, 1.807) is 0 Å². The molecular formula is C52H31N5S. The van der Waals surface area contributed by atoms with Gasteiger partial charge in [-0.25, -0.2) is 9.97 Å². The van der Waals surface area contributed by atoms with Gasteiger partial charge in [0.25, 0.3) is 0 Å². The van der Waals surface area contributed by atoms with E-state index in [1.807, 2.05) is 29.5 Å². The standard InChI is InChI=1S/C52H31N5S/c1-3-15-32(16-4-1)48-40-29-30-45-47(46(40)39-23-7-10-26-42(39)53-48)41-25-14-24-36(49(41)58-45)34-19-13-20-35(31-34)51-54-50(33-17-5-2-6-18-33)55-52(56-51)57-43-27-11-8-21-37(43)38-22-9-12-28-44(38)57/h1-31H. The molecule has 0 aliphatic carbocycles. The first-order valence-corrected chi connectivity index (χ1v) is 20.2. The normalized spacial score (nSPS) is 11.8. The zero-order valence-corrected chi connectivity index (χ0v) is 31.9. The maximum Gasteiger partial charge on any atom is 0.238 e. The fraction of sp³-hybridized carbons (Fsp3) is 0. The molecule has 12 rings (SSSR count). The third kappa shape index (κ3) is 5.09. The van der Waals surface area contributed by atoms with Crippen LogP contribution in [-0.2, 0) is 0 Å². The molecule has 0 aliphatic heterocycles. The van der Waals surface area contributed by atoms with E-state index in [-0.39, 0.29) is 0 Å². The predicted octanol–water partition coefficient (Wildman–Crippen LogP) is 13.7. The van der Waals surface area contributed by atoms with Gasteiger partial charge in [-0.05, 0) is 41.5 Å². The summed E-state index contributed by atoms with van der Waals surface area (Å²) in [7, 11) is 0. The Morgan fingerprint density at radius 1 is 0.379 bits per heavy atom. The van der Waals surface area contributed by atoms with Crippen molar-refractivity contribution in [3.8, 4) is 51.1 Å². The molecule has 8 aromatic carbocycles. The number of pyridine rings is 1. The van der Waals surface area contributed by atoms with Crippen molar-refractivity contribution in [2.24, 2.45) is 0 Å². The molecule has 0 spiro atoms. The van der Waals surface area contributed by atoms with Crippen LogP contribution in [0.15, 0.2) is 188 Å². The summed E-state index contributed by atoms with van der Waals surface area (Å²) in [6.07, 6.45) is 0. The number of hydrogen-bond donors (Lipinski definition) is 0. The molecule has 5 nitrogen and oxygen atoms in total. The van der Waals surface area contributed by atoms with Crippen molar-refractivity contribution >= 4 is 75.0 Å². The third-order valence-electron chi connectivity index (χ3n) is 11.2. The molecule has 0 radical (unpaired) electrons. The van der Waals surface area contributed by atoms with E-state index in [0.29, 0.717) is 17.6 Å². The average molecular weight is 758 g/mol. The Morgan fingerprint density at radius 2 is 0.966 bits per heavy atom. The van der Waals surface area contributed by atoms with Gasteiger partial charge < -0.3 is 0 Å². The van der Waals surface area contributed by atoms with Gasteiger partial charge in [0.1, 0.15) is 0 Å². The van der Waals surface area contributed by atoms with Crippen molar-refractivity contribution in [3.63, 3.8) is 0 Å². The highest BCUT2D eigenvalue weighted by Crippen LogP contribution is 2.46. The summed E-state index contributed by atoms with van der Waals surface area (Å²) in [5, 5.41) is 8.40. The Bertz CT molecular complexity index is 3520. The second kappa shape index (κ2) is 13.0. The molecule has 6 heteroatoms. The monoisotopic (exact) mass is 757 g/mol. The lowest BCUT2D eigenvalue weighted by Gasteiger charge is -2.12. The quantitative estimate of drug-likeness (QED) is 0.164. The highest BCUT2D eigenvalue weighted by molar-refractivity contribution is 7.26. The number of benzene rings is 8. The summed E-state index contributed by atoms with van der Waals surface area (Å²) < 4.78 is 4.66. The van der Waals surface area contributed by atoms with E-state index in [9.17, 15) is 0 Å². The van der Waals surface area contributed by atoms with Gasteiger partial charge >= 0.3 is 0 Å². The minimum absolute atomic E-state index is 0.585. The van der Waals surface area contributed by atoms with Crippen LogP contribution in [0.3, 0.4) is 0 Å².